The van der Waals surface area contributed by atoms with E-state index < -0.39 is 5.67 Å². The van der Waals surface area contributed by atoms with E-state index in [0.29, 0.717) is 16.3 Å². The van der Waals surface area contributed by atoms with E-state index in [4.69, 9.17) is 17.3 Å². The van der Waals surface area contributed by atoms with Crippen LogP contribution in [-0.4, -0.2) is 0 Å². The van der Waals surface area contributed by atoms with Crippen molar-refractivity contribution < 1.29 is 4.39 Å². The summed E-state index contributed by atoms with van der Waals surface area (Å²) in [6.45, 7) is 2.96. The van der Waals surface area contributed by atoms with Gasteiger partial charge in [0.15, 0.2) is 0 Å². The van der Waals surface area contributed by atoms with Gasteiger partial charge >= 0.3 is 0 Å². The van der Waals surface area contributed by atoms with Gasteiger partial charge in [0.25, 0.3) is 0 Å². The van der Waals surface area contributed by atoms with Crippen LogP contribution >= 0.6 is 11.6 Å². The fourth-order valence-electron chi connectivity index (χ4n) is 0.897. The number of hydrogen-bond donors (Lipinski definition) is 1. The molecule has 1 rings (SSSR count). The van der Waals surface area contributed by atoms with Crippen molar-refractivity contribution in [2.24, 2.45) is 0 Å². The Morgan fingerprint density at radius 2 is 2.00 bits per heavy atom. The zero-order valence-electron chi connectivity index (χ0n) is 7.07. The van der Waals surface area contributed by atoms with Crippen LogP contribution in [0.4, 0.5) is 10.1 Å². The van der Waals surface area contributed by atoms with E-state index in [1.165, 1.54) is 13.8 Å². The minimum atomic E-state index is -1.36. The lowest BCUT2D eigenvalue weighted by atomic mass is 10.0. The first-order valence-electron chi connectivity index (χ1n) is 3.65. The first kappa shape index (κ1) is 9.33. The fourth-order valence-corrected chi connectivity index (χ4v) is 1.08. The Morgan fingerprint density at radius 3 is 2.42 bits per heavy atom. The van der Waals surface area contributed by atoms with Gasteiger partial charge in [0.2, 0.25) is 0 Å². The van der Waals surface area contributed by atoms with Gasteiger partial charge in [-0.2, -0.15) is 0 Å². The predicted octanol–water partition coefficient (Wildman–Crippen LogP) is 3.13. The minimum Gasteiger partial charge on any atom is -0.398 e. The van der Waals surface area contributed by atoms with Gasteiger partial charge in [0, 0.05) is 0 Å². The number of hydrogen-bond acceptors (Lipinski definition) is 1. The molecule has 0 heterocycles. The van der Waals surface area contributed by atoms with Crippen molar-refractivity contribution in [1.29, 1.82) is 0 Å². The zero-order chi connectivity index (χ0) is 9.35. The molecule has 0 aromatic heterocycles. The van der Waals surface area contributed by atoms with Gasteiger partial charge in [-0.05, 0) is 31.5 Å². The summed E-state index contributed by atoms with van der Waals surface area (Å²) in [5.41, 5.74) is 5.13. The largest absolute Gasteiger partial charge is 0.398 e. The molecule has 0 amide bonds. The molecule has 1 aromatic carbocycles. The van der Waals surface area contributed by atoms with Gasteiger partial charge in [0.1, 0.15) is 5.67 Å². The van der Waals surface area contributed by atoms with Crippen LogP contribution in [0.5, 0.6) is 0 Å². The highest BCUT2D eigenvalue weighted by Crippen LogP contribution is 2.29. The van der Waals surface area contributed by atoms with E-state index >= 15 is 0 Å². The van der Waals surface area contributed by atoms with Crippen LogP contribution in [0.15, 0.2) is 18.2 Å². The summed E-state index contributed by atoms with van der Waals surface area (Å²) in [5, 5.41) is 0.401. The highest BCUT2D eigenvalue weighted by atomic mass is 35.5. The Kier molecular flexibility index (Phi) is 2.29. The molecule has 3 heteroatoms. The molecule has 0 saturated heterocycles. The molecule has 0 bridgehead atoms. The molecule has 66 valence electrons. The molecular formula is C9H11ClFN. The number of alkyl halides is 1. The SMILES string of the molecule is CC(C)(F)c1ccc(N)c(Cl)c1. The number of nitrogens with two attached hydrogens (primary N) is 1. The summed E-state index contributed by atoms with van der Waals surface area (Å²) >= 11 is 5.73. The summed E-state index contributed by atoms with van der Waals surface area (Å²) in [4.78, 5) is 0. The van der Waals surface area contributed by atoms with Gasteiger partial charge in [-0.1, -0.05) is 17.7 Å². The quantitative estimate of drug-likeness (QED) is 0.672. The monoisotopic (exact) mass is 187 g/mol. The van der Waals surface area contributed by atoms with E-state index in [-0.39, 0.29) is 0 Å². The Bertz CT molecular complexity index is 291. The first-order chi connectivity index (χ1) is 5.41. The molecule has 0 aliphatic heterocycles. The lowest BCUT2D eigenvalue weighted by Crippen LogP contribution is -2.08. The van der Waals surface area contributed by atoms with Gasteiger partial charge in [-0.15, -0.1) is 0 Å². The number of anilines is 1. The zero-order valence-corrected chi connectivity index (χ0v) is 7.82. The lowest BCUT2D eigenvalue weighted by molar-refractivity contribution is 0.221. The van der Waals surface area contributed by atoms with E-state index in [1.54, 1.807) is 18.2 Å². The third kappa shape index (κ3) is 1.89. The van der Waals surface area contributed by atoms with Crippen molar-refractivity contribution in [1.82, 2.24) is 0 Å². The minimum absolute atomic E-state index is 0.401. The second kappa shape index (κ2) is 2.94. The van der Waals surface area contributed by atoms with Gasteiger partial charge in [-0.3, -0.25) is 0 Å². The molecule has 0 spiro atoms. The van der Waals surface area contributed by atoms with E-state index in [1.807, 2.05) is 0 Å². The Hall–Kier alpha value is -0.760. The Balaban J connectivity index is 3.14. The molecule has 0 saturated carbocycles. The molecule has 0 aliphatic carbocycles. The van der Waals surface area contributed by atoms with Crippen LogP contribution in [0, 0.1) is 0 Å². The highest BCUT2D eigenvalue weighted by molar-refractivity contribution is 6.33. The Morgan fingerprint density at radius 1 is 1.42 bits per heavy atom. The van der Waals surface area contributed by atoms with E-state index in [0.717, 1.165) is 0 Å². The summed E-state index contributed by atoms with van der Waals surface area (Å²) < 4.78 is 13.3. The topological polar surface area (TPSA) is 26.0 Å². The van der Waals surface area contributed by atoms with Crippen molar-refractivity contribution in [2.45, 2.75) is 19.5 Å². The molecule has 1 nitrogen and oxygen atoms in total. The van der Waals surface area contributed by atoms with Crippen molar-refractivity contribution in [3.8, 4) is 0 Å². The second-order valence-electron chi connectivity index (χ2n) is 3.21. The highest BCUT2D eigenvalue weighted by Gasteiger charge is 2.18. The van der Waals surface area contributed by atoms with Crippen molar-refractivity contribution in [3.63, 3.8) is 0 Å². The van der Waals surface area contributed by atoms with E-state index in [2.05, 4.69) is 0 Å². The summed E-state index contributed by atoms with van der Waals surface area (Å²) in [5.74, 6) is 0. The Labute approximate surface area is 76.3 Å². The molecular weight excluding hydrogens is 177 g/mol. The van der Waals surface area contributed by atoms with Crippen LogP contribution in [0.25, 0.3) is 0 Å². The number of nitrogen functional groups attached to an aromatic ring is 1. The third-order valence-electron chi connectivity index (χ3n) is 1.69. The smallest absolute Gasteiger partial charge is 0.130 e. The van der Waals surface area contributed by atoms with Crippen molar-refractivity contribution in [3.05, 3.63) is 28.8 Å². The molecule has 0 fully saturated rings. The average Bonchev–Trinajstić information content (AvgIpc) is 1.92. The van der Waals surface area contributed by atoms with Crippen LogP contribution < -0.4 is 5.73 Å². The molecule has 0 aliphatic rings. The summed E-state index contributed by atoms with van der Waals surface area (Å²) in [6.07, 6.45) is 0. The van der Waals surface area contributed by atoms with Crippen molar-refractivity contribution in [2.75, 3.05) is 5.73 Å². The summed E-state index contributed by atoms with van der Waals surface area (Å²) in [6, 6.07) is 4.80. The molecule has 1 aromatic rings. The maximum atomic E-state index is 13.3. The fraction of sp³-hybridized carbons (Fsp3) is 0.333. The second-order valence-corrected chi connectivity index (χ2v) is 3.62. The third-order valence-corrected chi connectivity index (χ3v) is 2.01. The molecule has 12 heavy (non-hydrogen) atoms. The van der Waals surface area contributed by atoms with Gasteiger partial charge in [-0.25, -0.2) is 4.39 Å². The summed E-state index contributed by atoms with van der Waals surface area (Å²) in [7, 11) is 0. The standard InChI is InChI=1S/C9H11ClFN/c1-9(2,11)6-3-4-8(12)7(10)5-6/h3-5H,12H2,1-2H3. The molecule has 0 unspecified atom stereocenters. The van der Waals surface area contributed by atoms with Gasteiger partial charge in [0.05, 0.1) is 10.7 Å². The van der Waals surface area contributed by atoms with Crippen LogP contribution in [0.2, 0.25) is 5.02 Å². The van der Waals surface area contributed by atoms with Gasteiger partial charge < -0.3 is 5.73 Å². The average molecular weight is 188 g/mol. The predicted molar refractivity (Wildman–Crippen MR) is 50.0 cm³/mol. The maximum absolute atomic E-state index is 13.3. The van der Waals surface area contributed by atoms with Crippen LogP contribution in [0.1, 0.15) is 19.4 Å². The van der Waals surface area contributed by atoms with Crippen molar-refractivity contribution >= 4 is 17.3 Å². The molecule has 0 radical (unpaired) electrons. The number of benzene rings is 1. The maximum Gasteiger partial charge on any atom is 0.130 e. The number of rotatable bonds is 1. The molecule has 0 atom stereocenters. The first-order valence-corrected chi connectivity index (χ1v) is 4.03. The van der Waals surface area contributed by atoms with Crippen LogP contribution in [-0.2, 0) is 5.67 Å². The van der Waals surface area contributed by atoms with Crippen LogP contribution in [0.3, 0.4) is 0 Å². The number of halogens is 2. The lowest BCUT2D eigenvalue weighted by Gasteiger charge is -2.14. The molecule has 2 N–H and O–H groups in total. The normalized spacial score (nSPS) is 11.7. The van der Waals surface area contributed by atoms with E-state index in [9.17, 15) is 4.39 Å².